The Balaban J connectivity index is 1.44. The number of amides is 2. The first-order valence-electron chi connectivity index (χ1n) is 11.9. The standard InChI is InChI=1S/C27H17ClF3N5O4/c1-35(24-15(28)10-12(11-33-24)27(29,30)31)36-25(39)17-18(26(36)40)21(34-20(17)16-8-4-5-9-32-16)19-22(37)13-6-2-3-7-14(13)23(19)38/h2-11,17-18,20,37H,1H3/t17-,18+,20-/m0/s1. The quantitative estimate of drug-likeness (QED) is 0.463. The van der Waals surface area contributed by atoms with Crippen LogP contribution in [0.4, 0.5) is 19.0 Å². The molecule has 1 aromatic carbocycles. The summed E-state index contributed by atoms with van der Waals surface area (Å²) in [6.07, 6.45) is -2.67. The second kappa shape index (κ2) is 8.98. The summed E-state index contributed by atoms with van der Waals surface area (Å²) in [5, 5.41) is 12.3. The van der Waals surface area contributed by atoms with Crippen LogP contribution in [-0.4, -0.2) is 50.4 Å². The largest absolute Gasteiger partial charge is 0.506 e. The van der Waals surface area contributed by atoms with Gasteiger partial charge in [0.15, 0.2) is 11.6 Å². The molecule has 0 bridgehead atoms. The van der Waals surface area contributed by atoms with Crippen LogP contribution in [0.15, 0.2) is 71.5 Å². The molecular weight excluding hydrogens is 551 g/mol. The van der Waals surface area contributed by atoms with Gasteiger partial charge in [0.05, 0.1) is 39.4 Å². The molecule has 0 spiro atoms. The fraction of sp³-hybridized carbons (Fsp3) is 0.185. The molecule has 40 heavy (non-hydrogen) atoms. The number of fused-ring (bicyclic) bond motifs is 2. The van der Waals surface area contributed by atoms with Crippen molar-refractivity contribution >= 4 is 46.5 Å². The fourth-order valence-electron chi connectivity index (χ4n) is 5.33. The Labute approximate surface area is 229 Å². The lowest BCUT2D eigenvalue weighted by molar-refractivity contribution is -0.141. The zero-order chi connectivity index (χ0) is 28.5. The molecule has 0 unspecified atom stereocenters. The van der Waals surface area contributed by atoms with Gasteiger partial charge < -0.3 is 5.11 Å². The molecule has 0 saturated carbocycles. The number of aliphatic imine (C=N–C) groups is 1. The number of hydrogen-bond donors (Lipinski definition) is 1. The molecule has 6 rings (SSSR count). The van der Waals surface area contributed by atoms with Crippen molar-refractivity contribution in [2.24, 2.45) is 16.8 Å². The van der Waals surface area contributed by atoms with Crippen LogP contribution in [0.25, 0.3) is 5.76 Å². The molecule has 9 nitrogen and oxygen atoms in total. The van der Waals surface area contributed by atoms with Gasteiger partial charge >= 0.3 is 6.18 Å². The summed E-state index contributed by atoms with van der Waals surface area (Å²) < 4.78 is 39.4. The predicted octanol–water partition coefficient (Wildman–Crippen LogP) is 4.46. The molecule has 1 fully saturated rings. The number of Topliss-reactive ketones (excluding diaryl/α,β-unsaturated/α-hetero) is 1. The minimum atomic E-state index is -4.70. The number of nitrogens with zero attached hydrogens (tertiary/aromatic N) is 5. The van der Waals surface area contributed by atoms with Crippen LogP contribution in [0.3, 0.4) is 0 Å². The number of carbonyl (C=O) groups excluding carboxylic acids is 3. The number of halogens is 4. The van der Waals surface area contributed by atoms with Gasteiger partial charge in [0.2, 0.25) is 0 Å². The average Bonchev–Trinajstić information content (AvgIpc) is 3.52. The molecule has 0 radical (unpaired) electrons. The average molecular weight is 568 g/mol. The maximum absolute atomic E-state index is 13.9. The number of benzene rings is 1. The van der Waals surface area contributed by atoms with Crippen LogP contribution in [-0.2, 0) is 15.8 Å². The van der Waals surface area contributed by atoms with E-state index >= 15 is 0 Å². The van der Waals surface area contributed by atoms with E-state index in [9.17, 15) is 32.7 Å². The summed E-state index contributed by atoms with van der Waals surface area (Å²) in [6, 6.07) is 11.0. The normalized spacial score (nSPS) is 22.1. The van der Waals surface area contributed by atoms with E-state index in [0.717, 1.165) is 10.0 Å². The molecule has 2 amide bonds. The third-order valence-electron chi connectivity index (χ3n) is 7.13. The summed E-state index contributed by atoms with van der Waals surface area (Å²) in [4.78, 5) is 53.7. The highest BCUT2D eigenvalue weighted by Crippen LogP contribution is 2.48. The Hall–Kier alpha value is -4.58. The zero-order valence-corrected chi connectivity index (χ0v) is 21.2. The zero-order valence-electron chi connectivity index (χ0n) is 20.4. The van der Waals surface area contributed by atoms with Gasteiger partial charge in [-0.15, -0.1) is 0 Å². The number of carbonyl (C=O) groups is 3. The molecule has 2 aliphatic heterocycles. The number of rotatable bonds is 4. The van der Waals surface area contributed by atoms with Crippen molar-refractivity contribution in [2.45, 2.75) is 12.2 Å². The SMILES string of the molecule is CN(c1ncc(C(F)(F)F)cc1Cl)N1C(=O)[C@H]2C(C3=C(O)c4ccccc4C3=O)=N[C@@H](c3ccccn3)[C@H]2C1=O. The Morgan fingerprint density at radius 2 is 1.70 bits per heavy atom. The molecular formula is C27H17ClF3N5O4. The van der Waals surface area contributed by atoms with E-state index in [1.165, 1.54) is 19.3 Å². The van der Waals surface area contributed by atoms with E-state index in [2.05, 4.69) is 15.0 Å². The molecule has 1 saturated heterocycles. The van der Waals surface area contributed by atoms with Crippen LogP contribution in [0, 0.1) is 11.8 Å². The lowest BCUT2D eigenvalue weighted by atomic mass is 9.84. The number of hydrogen-bond acceptors (Lipinski definition) is 8. The number of aliphatic hydroxyl groups is 1. The highest BCUT2D eigenvalue weighted by atomic mass is 35.5. The summed E-state index contributed by atoms with van der Waals surface area (Å²) in [5.41, 5.74) is -0.508. The van der Waals surface area contributed by atoms with E-state index < -0.39 is 52.2 Å². The smallest absolute Gasteiger partial charge is 0.417 e. The van der Waals surface area contributed by atoms with Crippen molar-refractivity contribution in [3.63, 3.8) is 0 Å². The minimum absolute atomic E-state index is 0.0694. The molecule has 202 valence electrons. The van der Waals surface area contributed by atoms with E-state index in [0.29, 0.717) is 18.0 Å². The maximum Gasteiger partial charge on any atom is 0.417 e. The fourth-order valence-corrected chi connectivity index (χ4v) is 5.62. The van der Waals surface area contributed by atoms with Gasteiger partial charge in [-0.05, 0) is 18.2 Å². The van der Waals surface area contributed by atoms with Crippen LogP contribution in [0.2, 0.25) is 5.02 Å². The Morgan fingerprint density at radius 1 is 1.00 bits per heavy atom. The number of anilines is 1. The van der Waals surface area contributed by atoms with Crippen LogP contribution in [0.5, 0.6) is 0 Å². The highest BCUT2D eigenvalue weighted by molar-refractivity contribution is 6.40. The van der Waals surface area contributed by atoms with Crippen molar-refractivity contribution in [3.8, 4) is 0 Å². The summed E-state index contributed by atoms with van der Waals surface area (Å²) in [7, 11) is 1.26. The lowest BCUT2D eigenvalue weighted by Gasteiger charge is -2.29. The van der Waals surface area contributed by atoms with Crippen LogP contribution >= 0.6 is 11.6 Å². The van der Waals surface area contributed by atoms with Crippen molar-refractivity contribution in [1.82, 2.24) is 15.0 Å². The molecule has 2 aromatic heterocycles. The minimum Gasteiger partial charge on any atom is -0.506 e. The molecule has 13 heteroatoms. The molecule has 3 aliphatic rings. The van der Waals surface area contributed by atoms with E-state index in [-0.39, 0.29) is 34.0 Å². The highest BCUT2D eigenvalue weighted by Gasteiger charge is 2.60. The van der Waals surface area contributed by atoms with Gasteiger partial charge in [0.25, 0.3) is 11.8 Å². The number of aromatic nitrogens is 2. The summed E-state index contributed by atoms with van der Waals surface area (Å²) in [5.74, 6) is -5.17. The molecule has 3 aromatic rings. The molecule has 4 heterocycles. The van der Waals surface area contributed by atoms with Crippen molar-refractivity contribution < 1.29 is 32.7 Å². The van der Waals surface area contributed by atoms with Gasteiger partial charge in [-0.2, -0.15) is 18.2 Å². The topological polar surface area (TPSA) is 116 Å². The molecule has 1 aliphatic carbocycles. The van der Waals surface area contributed by atoms with Crippen molar-refractivity contribution in [1.29, 1.82) is 0 Å². The van der Waals surface area contributed by atoms with Gasteiger partial charge in [0, 0.05) is 30.6 Å². The number of hydrazine groups is 1. The number of allylic oxidation sites excluding steroid dienone is 1. The number of ketones is 1. The third kappa shape index (κ3) is 3.70. The van der Waals surface area contributed by atoms with Crippen molar-refractivity contribution in [3.05, 3.63) is 93.9 Å². The Kier molecular flexibility index (Phi) is 5.77. The first kappa shape index (κ1) is 25.7. The van der Waals surface area contributed by atoms with Gasteiger partial charge in [-0.3, -0.25) is 29.4 Å². The molecule has 3 atom stereocenters. The van der Waals surface area contributed by atoms with E-state index in [1.807, 2.05) is 0 Å². The third-order valence-corrected chi connectivity index (χ3v) is 7.41. The maximum atomic E-state index is 13.9. The number of pyridine rings is 2. The first-order valence-corrected chi connectivity index (χ1v) is 12.3. The summed E-state index contributed by atoms with van der Waals surface area (Å²) >= 11 is 6.10. The Morgan fingerprint density at radius 3 is 2.33 bits per heavy atom. The van der Waals surface area contributed by atoms with E-state index in [1.54, 1.807) is 36.4 Å². The number of imide groups is 1. The number of aliphatic hydroxyl groups excluding tert-OH is 1. The van der Waals surface area contributed by atoms with Gasteiger partial charge in [-0.1, -0.05) is 41.9 Å². The van der Waals surface area contributed by atoms with Crippen LogP contribution in [0.1, 0.15) is 33.2 Å². The first-order chi connectivity index (χ1) is 19.0. The second-order valence-electron chi connectivity index (χ2n) is 9.35. The van der Waals surface area contributed by atoms with E-state index in [4.69, 9.17) is 11.6 Å². The Bertz CT molecular complexity index is 1670. The van der Waals surface area contributed by atoms with Crippen LogP contribution < -0.4 is 5.01 Å². The van der Waals surface area contributed by atoms with Gasteiger partial charge in [-0.25, -0.2) is 4.98 Å². The lowest BCUT2D eigenvalue weighted by Crippen LogP contribution is -2.46. The predicted molar refractivity (Wildman–Crippen MR) is 136 cm³/mol. The molecule has 1 N–H and O–H groups in total. The summed E-state index contributed by atoms with van der Waals surface area (Å²) in [6.45, 7) is 0. The van der Waals surface area contributed by atoms with Gasteiger partial charge in [0.1, 0.15) is 11.8 Å². The number of alkyl halides is 3. The monoisotopic (exact) mass is 567 g/mol. The second-order valence-corrected chi connectivity index (χ2v) is 9.76. The van der Waals surface area contributed by atoms with Crippen molar-refractivity contribution in [2.75, 3.05) is 12.1 Å².